The van der Waals surface area contributed by atoms with Crippen molar-refractivity contribution in [1.82, 2.24) is 14.9 Å². The lowest BCUT2D eigenvalue weighted by Crippen LogP contribution is -2.38. The minimum Gasteiger partial charge on any atom is -0.365 e. The van der Waals surface area contributed by atoms with Crippen LogP contribution < -0.4 is 5.32 Å². The second-order valence-electron chi connectivity index (χ2n) is 7.46. The minimum atomic E-state index is 0.120. The zero-order valence-electron chi connectivity index (χ0n) is 15.5. The fraction of sp³-hybridized carbons (Fsp3) is 0.476. The standard InChI is InChI=1S/C21H26N4O/c1-3-6-17-11-20(23-14(2)22-17)24-18-12-21(26)25(13-18)19-9-15-7-4-5-8-16(15)10-19/h4-5,7-8,11,18-19H,3,6,9-10,12-13H2,1-2H3,(H,22,23,24). The summed E-state index contributed by atoms with van der Waals surface area (Å²) in [6, 6.07) is 11.0. The quantitative estimate of drug-likeness (QED) is 0.901. The van der Waals surface area contributed by atoms with Crippen LogP contribution in [0.15, 0.2) is 30.3 Å². The number of carbonyl (C=O) groups excluding carboxylic acids is 1. The van der Waals surface area contributed by atoms with Crippen molar-refractivity contribution in [2.45, 2.75) is 58.0 Å². The van der Waals surface area contributed by atoms with Gasteiger partial charge in [-0.3, -0.25) is 4.79 Å². The number of amides is 1. The van der Waals surface area contributed by atoms with E-state index in [1.165, 1.54) is 11.1 Å². The van der Waals surface area contributed by atoms with Crippen LogP contribution in [0.2, 0.25) is 0 Å². The first kappa shape index (κ1) is 17.0. The Morgan fingerprint density at radius 3 is 2.58 bits per heavy atom. The summed E-state index contributed by atoms with van der Waals surface area (Å²) in [7, 11) is 0. The molecule has 1 aromatic heterocycles. The summed E-state index contributed by atoms with van der Waals surface area (Å²) in [6.07, 6.45) is 4.50. The number of aromatic nitrogens is 2. The first-order chi connectivity index (χ1) is 12.6. The minimum absolute atomic E-state index is 0.120. The molecule has 4 rings (SSSR count). The number of nitrogens with one attached hydrogen (secondary N) is 1. The van der Waals surface area contributed by atoms with E-state index < -0.39 is 0 Å². The lowest BCUT2D eigenvalue weighted by molar-refractivity contribution is -0.129. The molecule has 1 saturated heterocycles. The summed E-state index contributed by atoms with van der Waals surface area (Å²) in [5.41, 5.74) is 3.84. The highest BCUT2D eigenvalue weighted by Gasteiger charge is 2.37. The number of aryl methyl sites for hydroxylation is 2. The second-order valence-corrected chi connectivity index (χ2v) is 7.46. The molecule has 1 aliphatic heterocycles. The van der Waals surface area contributed by atoms with E-state index in [1.54, 1.807) is 0 Å². The Bertz CT molecular complexity index is 794. The van der Waals surface area contributed by atoms with Crippen molar-refractivity contribution in [1.29, 1.82) is 0 Å². The Kier molecular flexibility index (Phi) is 4.62. The van der Waals surface area contributed by atoms with Crippen molar-refractivity contribution >= 4 is 11.7 Å². The van der Waals surface area contributed by atoms with Gasteiger partial charge in [-0.25, -0.2) is 9.97 Å². The molecule has 2 aliphatic rings. The van der Waals surface area contributed by atoms with Gasteiger partial charge in [0.2, 0.25) is 5.91 Å². The van der Waals surface area contributed by atoms with Crippen molar-refractivity contribution in [2.24, 2.45) is 0 Å². The number of anilines is 1. The van der Waals surface area contributed by atoms with Crippen LogP contribution in [0.1, 0.15) is 42.4 Å². The third kappa shape index (κ3) is 3.43. The SMILES string of the molecule is CCCc1cc(NC2CC(=O)N(C3Cc4ccccc4C3)C2)nc(C)n1. The van der Waals surface area contributed by atoms with Crippen LogP contribution in [0.25, 0.3) is 0 Å². The average molecular weight is 350 g/mol. The van der Waals surface area contributed by atoms with E-state index in [4.69, 9.17) is 0 Å². The molecule has 0 radical (unpaired) electrons. The number of rotatable bonds is 5. The van der Waals surface area contributed by atoms with Gasteiger partial charge in [-0.1, -0.05) is 37.6 Å². The highest BCUT2D eigenvalue weighted by atomic mass is 16.2. The van der Waals surface area contributed by atoms with Gasteiger partial charge in [0, 0.05) is 30.8 Å². The van der Waals surface area contributed by atoms with Crippen LogP contribution in [-0.2, 0) is 24.1 Å². The molecular weight excluding hydrogens is 324 g/mol. The van der Waals surface area contributed by atoms with E-state index in [0.717, 1.165) is 49.6 Å². The van der Waals surface area contributed by atoms with Gasteiger partial charge in [0.05, 0.1) is 6.04 Å². The van der Waals surface area contributed by atoms with Gasteiger partial charge in [0.1, 0.15) is 11.6 Å². The number of carbonyl (C=O) groups is 1. The number of hydrogen-bond donors (Lipinski definition) is 1. The van der Waals surface area contributed by atoms with Crippen LogP contribution in [0.3, 0.4) is 0 Å². The molecule has 0 saturated carbocycles. The van der Waals surface area contributed by atoms with Crippen molar-refractivity contribution in [3.05, 3.63) is 53.0 Å². The number of likely N-dealkylation sites (tertiary alicyclic amines) is 1. The van der Waals surface area contributed by atoms with Crippen molar-refractivity contribution in [3.63, 3.8) is 0 Å². The summed E-state index contributed by atoms with van der Waals surface area (Å²) < 4.78 is 0. The van der Waals surface area contributed by atoms with Gasteiger partial charge in [0.25, 0.3) is 0 Å². The molecule has 2 aromatic rings. The molecule has 1 N–H and O–H groups in total. The van der Waals surface area contributed by atoms with E-state index in [-0.39, 0.29) is 11.9 Å². The molecule has 0 bridgehead atoms. The molecule has 26 heavy (non-hydrogen) atoms. The Balaban J connectivity index is 1.43. The molecule has 2 heterocycles. The van der Waals surface area contributed by atoms with Gasteiger partial charge < -0.3 is 10.2 Å². The maximum Gasteiger partial charge on any atom is 0.225 e. The summed E-state index contributed by atoms with van der Waals surface area (Å²) in [5, 5.41) is 3.47. The predicted octanol–water partition coefficient (Wildman–Crippen LogP) is 2.92. The van der Waals surface area contributed by atoms with Gasteiger partial charge in [0.15, 0.2) is 0 Å². The van der Waals surface area contributed by atoms with Crippen LogP contribution in [0.4, 0.5) is 5.82 Å². The molecule has 136 valence electrons. The summed E-state index contributed by atoms with van der Waals surface area (Å²) in [4.78, 5) is 23.7. The smallest absolute Gasteiger partial charge is 0.225 e. The first-order valence-corrected chi connectivity index (χ1v) is 9.59. The second kappa shape index (κ2) is 7.06. The predicted molar refractivity (Wildman–Crippen MR) is 102 cm³/mol. The van der Waals surface area contributed by atoms with Crippen LogP contribution in [0.5, 0.6) is 0 Å². The zero-order valence-corrected chi connectivity index (χ0v) is 15.5. The van der Waals surface area contributed by atoms with Crippen molar-refractivity contribution < 1.29 is 4.79 Å². The van der Waals surface area contributed by atoms with Gasteiger partial charge in [-0.2, -0.15) is 0 Å². The number of nitrogens with zero attached hydrogens (tertiary/aromatic N) is 3. The normalized spacial score (nSPS) is 19.8. The third-order valence-electron chi connectivity index (χ3n) is 5.38. The fourth-order valence-corrected chi connectivity index (χ4v) is 4.23. The van der Waals surface area contributed by atoms with Gasteiger partial charge in [-0.05, 0) is 37.3 Å². The van der Waals surface area contributed by atoms with Crippen molar-refractivity contribution in [2.75, 3.05) is 11.9 Å². The van der Waals surface area contributed by atoms with Gasteiger partial charge >= 0.3 is 0 Å². The molecule has 1 atom stereocenters. The number of fused-ring (bicyclic) bond motifs is 1. The first-order valence-electron chi connectivity index (χ1n) is 9.59. The number of hydrogen-bond acceptors (Lipinski definition) is 4. The molecule has 1 aromatic carbocycles. The molecule has 0 spiro atoms. The van der Waals surface area contributed by atoms with E-state index in [1.807, 2.05) is 13.0 Å². The van der Waals surface area contributed by atoms with Crippen molar-refractivity contribution in [3.8, 4) is 0 Å². The highest BCUT2D eigenvalue weighted by Crippen LogP contribution is 2.29. The van der Waals surface area contributed by atoms with E-state index >= 15 is 0 Å². The average Bonchev–Trinajstić information content (AvgIpc) is 3.17. The Hall–Kier alpha value is -2.43. The molecule has 1 fully saturated rings. The summed E-state index contributed by atoms with van der Waals surface area (Å²) in [5.74, 6) is 1.88. The van der Waals surface area contributed by atoms with E-state index in [0.29, 0.717) is 12.5 Å². The topological polar surface area (TPSA) is 58.1 Å². The molecular formula is C21H26N4O. The van der Waals surface area contributed by atoms with Crippen LogP contribution in [-0.4, -0.2) is 39.4 Å². The molecule has 1 aliphatic carbocycles. The Morgan fingerprint density at radius 2 is 1.88 bits per heavy atom. The maximum atomic E-state index is 12.6. The van der Waals surface area contributed by atoms with E-state index in [2.05, 4.69) is 51.4 Å². The van der Waals surface area contributed by atoms with E-state index in [9.17, 15) is 4.79 Å². The summed E-state index contributed by atoms with van der Waals surface area (Å²) >= 11 is 0. The Labute approximate surface area is 154 Å². The summed E-state index contributed by atoms with van der Waals surface area (Å²) in [6.45, 7) is 4.83. The molecule has 5 heteroatoms. The van der Waals surface area contributed by atoms with Crippen LogP contribution >= 0.6 is 0 Å². The largest absolute Gasteiger partial charge is 0.365 e. The third-order valence-corrected chi connectivity index (χ3v) is 5.38. The maximum absolute atomic E-state index is 12.6. The molecule has 5 nitrogen and oxygen atoms in total. The monoisotopic (exact) mass is 350 g/mol. The van der Waals surface area contributed by atoms with Gasteiger partial charge in [-0.15, -0.1) is 0 Å². The Morgan fingerprint density at radius 1 is 1.15 bits per heavy atom. The van der Waals surface area contributed by atoms with Crippen LogP contribution in [0, 0.1) is 6.92 Å². The zero-order chi connectivity index (χ0) is 18.1. The molecule has 1 amide bonds. The molecule has 1 unspecified atom stereocenters. The number of benzene rings is 1. The lowest BCUT2D eigenvalue weighted by atomic mass is 10.1. The fourth-order valence-electron chi connectivity index (χ4n) is 4.23. The lowest BCUT2D eigenvalue weighted by Gasteiger charge is -2.24. The highest BCUT2D eigenvalue weighted by molar-refractivity contribution is 5.80.